The highest BCUT2D eigenvalue weighted by atomic mass is 32.1. The molecule has 1 aromatic carbocycles. The smallest absolute Gasteiger partial charge is 0.335 e. The molecule has 0 radical (unpaired) electrons. The molecule has 0 aliphatic heterocycles. The SMILES string of the molecule is Cc1csc([C@@H](C)CNC(=O)c2ccc(C(=O)O)cc2)n1. The van der Waals surface area contributed by atoms with Crippen LogP contribution in [-0.2, 0) is 0 Å². The highest BCUT2D eigenvalue weighted by Crippen LogP contribution is 2.19. The normalized spacial score (nSPS) is 11.9. The lowest BCUT2D eigenvalue weighted by molar-refractivity contribution is 0.0696. The van der Waals surface area contributed by atoms with E-state index < -0.39 is 5.97 Å². The summed E-state index contributed by atoms with van der Waals surface area (Å²) < 4.78 is 0. The van der Waals surface area contributed by atoms with Gasteiger partial charge < -0.3 is 10.4 Å². The van der Waals surface area contributed by atoms with Crippen LogP contribution in [0.4, 0.5) is 0 Å². The van der Waals surface area contributed by atoms with Crippen LogP contribution in [0.3, 0.4) is 0 Å². The average Bonchev–Trinajstić information content (AvgIpc) is 2.91. The minimum absolute atomic E-state index is 0.144. The van der Waals surface area contributed by atoms with Crippen molar-refractivity contribution < 1.29 is 14.7 Å². The number of aromatic nitrogens is 1. The van der Waals surface area contributed by atoms with Crippen LogP contribution in [0.5, 0.6) is 0 Å². The van der Waals surface area contributed by atoms with E-state index >= 15 is 0 Å². The Bertz CT molecular complexity index is 649. The molecule has 21 heavy (non-hydrogen) atoms. The van der Waals surface area contributed by atoms with Crippen molar-refractivity contribution in [2.75, 3.05) is 6.54 Å². The number of benzene rings is 1. The van der Waals surface area contributed by atoms with Crippen molar-refractivity contribution >= 4 is 23.2 Å². The number of amides is 1. The first-order chi connectivity index (χ1) is 9.97. The molecule has 1 amide bonds. The predicted molar refractivity (Wildman–Crippen MR) is 81.0 cm³/mol. The first-order valence-corrected chi connectivity index (χ1v) is 7.39. The standard InChI is InChI=1S/C15H16N2O3S/c1-9(14-17-10(2)8-21-14)7-16-13(18)11-3-5-12(6-4-11)15(19)20/h3-6,8-9H,7H2,1-2H3,(H,16,18)(H,19,20)/t9-/m0/s1. The number of thiazole rings is 1. The minimum Gasteiger partial charge on any atom is -0.478 e. The molecule has 6 heteroatoms. The zero-order valence-electron chi connectivity index (χ0n) is 11.8. The summed E-state index contributed by atoms with van der Waals surface area (Å²) in [7, 11) is 0. The number of hydrogen-bond acceptors (Lipinski definition) is 4. The van der Waals surface area contributed by atoms with E-state index in [9.17, 15) is 9.59 Å². The lowest BCUT2D eigenvalue weighted by Gasteiger charge is -2.10. The Morgan fingerprint density at radius 3 is 2.43 bits per heavy atom. The van der Waals surface area contributed by atoms with Gasteiger partial charge in [0.05, 0.1) is 10.6 Å². The molecule has 0 aliphatic carbocycles. The van der Waals surface area contributed by atoms with Crippen LogP contribution in [0.25, 0.3) is 0 Å². The van der Waals surface area contributed by atoms with Crippen LogP contribution in [0, 0.1) is 6.92 Å². The highest BCUT2D eigenvalue weighted by molar-refractivity contribution is 7.09. The molecule has 0 fully saturated rings. The molecule has 0 spiro atoms. The molecule has 110 valence electrons. The zero-order valence-corrected chi connectivity index (χ0v) is 12.6. The summed E-state index contributed by atoms with van der Waals surface area (Å²) in [4.78, 5) is 27.1. The van der Waals surface area contributed by atoms with Crippen molar-refractivity contribution in [1.82, 2.24) is 10.3 Å². The molecule has 2 aromatic rings. The van der Waals surface area contributed by atoms with Crippen molar-refractivity contribution in [1.29, 1.82) is 0 Å². The summed E-state index contributed by atoms with van der Waals surface area (Å²) in [6.45, 7) is 4.44. The Balaban J connectivity index is 1.93. The topological polar surface area (TPSA) is 79.3 Å². The van der Waals surface area contributed by atoms with Crippen molar-refractivity contribution in [3.05, 3.63) is 51.5 Å². The monoisotopic (exact) mass is 304 g/mol. The third-order valence-electron chi connectivity index (χ3n) is 3.02. The number of carboxylic acid groups (broad SMARTS) is 1. The summed E-state index contributed by atoms with van der Waals surface area (Å²) in [6, 6.07) is 5.86. The summed E-state index contributed by atoms with van der Waals surface area (Å²) in [6.07, 6.45) is 0. The minimum atomic E-state index is -1.00. The molecule has 0 saturated heterocycles. The second kappa shape index (κ2) is 6.49. The Kier molecular flexibility index (Phi) is 4.70. The maximum absolute atomic E-state index is 12.0. The van der Waals surface area contributed by atoms with Crippen LogP contribution >= 0.6 is 11.3 Å². The molecule has 2 rings (SSSR count). The van der Waals surface area contributed by atoms with Gasteiger partial charge in [0, 0.05) is 29.1 Å². The molecule has 0 unspecified atom stereocenters. The van der Waals surface area contributed by atoms with Gasteiger partial charge in [0.15, 0.2) is 0 Å². The van der Waals surface area contributed by atoms with E-state index in [1.54, 1.807) is 11.3 Å². The second-order valence-corrected chi connectivity index (χ2v) is 5.71. The van der Waals surface area contributed by atoms with E-state index in [4.69, 9.17) is 5.11 Å². The first-order valence-electron chi connectivity index (χ1n) is 6.51. The Morgan fingerprint density at radius 2 is 1.90 bits per heavy atom. The van der Waals surface area contributed by atoms with Gasteiger partial charge in [0.2, 0.25) is 0 Å². The molecular weight excluding hydrogens is 288 g/mol. The van der Waals surface area contributed by atoms with Gasteiger partial charge in [0.1, 0.15) is 0 Å². The van der Waals surface area contributed by atoms with Crippen molar-refractivity contribution in [2.45, 2.75) is 19.8 Å². The molecule has 0 bridgehead atoms. The Labute approximate surface area is 126 Å². The molecule has 2 N–H and O–H groups in total. The quantitative estimate of drug-likeness (QED) is 0.890. The summed E-state index contributed by atoms with van der Waals surface area (Å²) in [5.41, 5.74) is 1.60. The van der Waals surface area contributed by atoms with Gasteiger partial charge in [0.25, 0.3) is 5.91 Å². The van der Waals surface area contributed by atoms with Gasteiger partial charge in [-0.15, -0.1) is 11.3 Å². The van der Waals surface area contributed by atoms with Crippen LogP contribution < -0.4 is 5.32 Å². The number of hydrogen-bond donors (Lipinski definition) is 2. The van der Waals surface area contributed by atoms with E-state index in [0.717, 1.165) is 10.7 Å². The highest BCUT2D eigenvalue weighted by Gasteiger charge is 2.12. The number of nitrogens with one attached hydrogen (secondary N) is 1. The summed E-state index contributed by atoms with van der Waals surface area (Å²) >= 11 is 1.58. The van der Waals surface area contributed by atoms with Gasteiger partial charge in [-0.2, -0.15) is 0 Å². The molecule has 0 aliphatic rings. The first kappa shape index (κ1) is 15.2. The maximum atomic E-state index is 12.0. The summed E-state index contributed by atoms with van der Waals surface area (Å²) in [5, 5.41) is 14.6. The summed E-state index contributed by atoms with van der Waals surface area (Å²) in [5.74, 6) is -1.08. The molecule has 1 atom stereocenters. The van der Waals surface area contributed by atoms with Crippen molar-refractivity contribution in [3.63, 3.8) is 0 Å². The maximum Gasteiger partial charge on any atom is 0.335 e. The van der Waals surface area contributed by atoms with E-state index in [2.05, 4.69) is 10.3 Å². The lowest BCUT2D eigenvalue weighted by atomic mass is 10.1. The number of carbonyl (C=O) groups is 2. The predicted octanol–water partition coefficient (Wildman–Crippen LogP) is 2.68. The fraction of sp³-hybridized carbons (Fsp3) is 0.267. The number of carboxylic acids is 1. The lowest BCUT2D eigenvalue weighted by Crippen LogP contribution is -2.27. The van der Waals surface area contributed by atoms with Crippen LogP contribution in [0.1, 0.15) is 44.3 Å². The molecule has 5 nitrogen and oxygen atoms in total. The van der Waals surface area contributed by atoms with E-state index in [-0.39, 0.29) is 17.4 Å². The van der Waals surface area contributed by atoms with Crippen LogP contribution in [-0.4, -0.2) is 28.5 Å². The largest absolute Gasteiger partial charge is 0.478 e. The van der Waals surface area contributed by atoms with Gasteiger partial charge in [-0.1, -0.05) is 6.92 Å². The van der Waals surface area contributed by atoms with Gasteiger partial charge >= 0.3 is 5.97 Å². The van der Waals surface area contributed by atoms with Crippen LogP contribution in [0.2, 0.25) is 0 Å². The molecule has 1 heterocycles. The van der Waals surface area contributed by atoms with Crippen molar-refractivity contribution in [2.24, 2.45) is 0 Å². The third kappa shape index (κ3) is 3.88. The fourth-order valence-electron chi connectivity index (χ4n) is 1.80. The molecular formula is C15H16N2O3S. The zero-order chi connectivity index (χ0) is 15.4. The number of carbonyl (C=O) groups excluding carboxylic acids is 1. The number of rotatable bonds is 5. The third-order valence-corrected chi connectivity index (χ3v) is 4.22. The second-order valence-electron chi connectivity index (χ2n) is 4.82. The molecule has 1 aromatic heterocycles. The fourth-order valence-corrected chi connectivity index (χ4v) is 2.65. The van der Waals surface area contributed by atoms with Gasteiger partial charge in [-0.25, -0.2) is 9.78 Å². The Morgan fingerprint density at radius 1 is 1.29 bits per heavy atom. The van der Waals surface area contributed by atoms with Crippen LogP contribution in [0.15, 0.2) is 29.6 Å². The Hall–Kier alpha value is -2.21. The number of aryl methyl sites for hydroxylation is 1. The molecule has 0 saturated carbocycles. The van der Waals surface area contributed by atoms with Gasteiger partial charge in [-0.05, 0) is 31.2 Å². The van der Waals surface area contributed by atoms with E-state index in [1.165, 1.54) is 24.3 Å². The van der Waals surface area contributed by atoms with Crippen molar-refractivity contribution in [3.8, 4) is 0 Å². The van der Waals surface area contributed by atoms with E-state index in [0.29, 0.717) is 12.1 Å². The number of nitrogens with zero attached hydrogens (tertiary/aromatic N) is 1. The number of aromatic carboxylic acids is 1. The van der Waals surface area contributed by atoms with E-state index in [1.807, 2.05) is 19.2 Å². The average molecular weight is 304 g/mol. The van der Waals surface area contributed by atoms with Gasteiger partial charge in [-0.3, -0.25) is 4.79 Å².